The van der Waals surface area contributed by atoms with Crippen LogP contribution in [0.1, 0.15) is 20.0 Å². The molecule has 9 aliphatic heterocycles. The van der Waals surface area contributed by atoms with Gasteiger partial charge in [0, 0.05) is 217 Å². The Balaban J connectivity index is 0.000000155. The zero-order valence-corrected chi connectivity index (χ0v) is 90.7. The van der Waals surface area contributed by atoms with Gasteiger partial charge in [-0.1, -0.05) is 66.4 Å². The number of hydrogen-bond acceptors (Lipinski definition) is 32. The fourth-order valence-electron chi connectivity index (χ4n) is 10.8. The number of carboxylic acid groups (broad SMARTS) is 7. The summed E-state index contributed by atoms with van der Waals surface area (Å²) in [6.07, 6.45) is 22.5. The molecule has 7 atom stereocenters. The number of fused-ring (bicyclic) bond motifs is 7. The van der Waals surface area contributed by atoms with Crippen molar-refractivity contribution in [2.75, 3.05) is 40.3 Å². The first-order valence-corrected chi connectivity index (χ1v) is 47.7. The van der Waals surface area contributed by atoms with E-state index < -0.39 is 84.1 Å². The molecule has 12 aromatic heterocycles. The molecule has 0 aromatic carbocycles. The molecular formula is C74H52N21O14S14Y5-5. The van der Waals surface area contributed by atoms with Gasteiger partial charge in [0.2, 0.25) is 32.2 Å². The minimum Gasteiger partial charge on any atom is -0.665 e. The number of aliphatic imine (C=N–C) groups is 4. The van der Waals surface area contributed by atoms with Crippen LogP contribution in [0.3, 0.4) is 0 Å². The zero-order valence-electron chi connectivity index (χ0n) is 65.0. The van der Waals surface area contributed by atoms with Gasteiger partial charge < -0.3 is 66.2 Å². The first kappa shape index (κ1) is 105. The summed E-state index contributed by atoms with van der Waals surface area (Å²) in [5.74, 6) is -2.87. The van der Waals surface area contributed by atoms with Gasteiger partial charge in [-0.05, 0) is 56.7 Å². The number of pyridine rings is 7. The smallest absolute Gasteiger partial charge is 0.362 e. The van der Waals surface area contributed by atoms with E-state index in [0.29, 0.717) is 71.1 Å². The largest absolute Gasteiger partial charge is 0.665 e. The van der Waals surface area contributed by atoms with E-state index in [2.05, 4.69) is 144 Å². The van der Waals surface area contributed by atoms with Gasteiger partial charge in [-0.2, -0.15) is 26.9 Å². The second kappa shape index (κ2) is 48.3. The molecule has 21 heterocycles. The topological polar surface area (TPSA) is 505 Å². The third-order valence-electron chi connectivity index (χ3n) is 16.7. The Bertz CT molecular complexity index is 6560. The van der Waals surface area contributed by atoms with Crippen molar-refractivity contribution >= 4 is 300 Å². The van der Waals surface area contributed by atoms with Crippen LogP contribution in [0.15, 0.2) is 118 Å². The second-order valence-corrected chi connectivity index (χ2v) is 39.4. The third-order valence-corrected chi connectivity index (χ3v) is 32.1. The Morgan fingerprint density at radius 3 is 1.60 bits per heavy atom. The minimum absolute atomic E-state index is 0. The van der Waals surface area contributed by atoms with Crippen LogP contribution < -0.4 is 36.3 Å². The Labute approximate surface area is 906 Å². The monoisotopic (exact) mass is 2350 g/mol. The molecule has 35 nitrogen and oxygen atoms in total. The summed E-state index contributed by atoms with van der Waals surface area (Å²) >= 11 is 20.4. The first-order chi connectivity index (χ1) is 59.3. The zero-order chi connectivity index (χ0) is 86.3. The average molecular weight is 2350 g/mol. The van der Waals surface area contributed by atoms with E-state index in [4.69, 9.17) is 35.7 Å². The fraction of sp³-hybridized carbons (Fsp3) is 0.189. The Morgan fingerprint density at radius 2 is 1.05 bits per heavy atom. The first-order valence-electron chi connectivity index (χ1n) is 35.1. The van der Waals surface area contributed by atoms with Crippen molar-refractivity contribution in [3.8, 4) is 10.6 Å². The maximum Gasteiger partial charge on any atom is 0.362 e. The van der Waals surface area contributed by atoms with Crippen LogP contribution in [-0.4, -0.2) is 225 Å². The molecule has 0 aliphatic carbocycles. The predicted octanol–water partition coefficient (Wildman–Crippen LogP) is 7.46. The van der Waals surface area contributed by atoms with E-state index in [9.17, 15) is 33.6 Å². The summed E-state index contributed by atoms with van der Waals surface area (Å²) in [7, 11) is 3.73. The molecule has 641 valence electrons. The maximum absolute atomic E-state index is 10.8. The Kier molecular flexibility index (Phi) is 39.5. The van der Waals surface area contributed by atoms with Gasteiger partial charge in [-0.15, -0.1) is 118 Å². The molecule has 5 radical (unpaired) electrons. The molecule has 9 aliphatic rings. The minimum atomic E-state index is -0.890. The van der Waals surface area contributed by atoms with Gasteiger partial charge >= 0.3 is 33.7 Å². The van der Waals surface area contributed by atoms with Gasteiger partial charge in [0.25, 0.3) is 23.6 Å². The molecule has 128 heavy (non-hydrogen) atoms. The van der Waals surface area contributed by atoms with Crippen molar-refractivity contribution < 1.29 is 250 Å². The van der Waals surface area contributed by atoms with Crippen LogP contribution in [-0.2, 0) is 197 Å². The summed E-state index contributed by atoms with van der Waals surface area (Å²) in [6.45, 7) is 11.4. The Hall–Kier alpha value is -5.29. The number of carboxylic acids is 7. The van der Waals surface area contributed by atoms with Crippen LogP contribution in [0, 0.1) is 57.9 Å². The molecule has 0 saturated carbocycles. The molecule has 0 bridgehead atoms. The standard InChI is InChI=1S/C11H8N3O2S2.C11H9N3O2S2.2C11H8N3O2S2.C10H6N3O2S2.C10H7N3O2S2.C10H6N3O2S2.5Y/c1-14-3-2-8-6(4-14)12-10(18-8)9-13-7(5-17-9)11(15)16;1-14-3-2-6-8(4-14)18-10(12-6)9-13-7(5-17-9)11(15)16;1-14-4-2-3-7-8(14)13-10(18-7)9-12-6(5-17-9)11(15)16;1-14-4-2-3-6-10(14)18-9(12-6)8-13-7(5-17-8)11(15)16;14-10(15)6-4-16-8(13-6)9-12-5-3-11-2-1-7(5)17-9;14-10(15)6-4-16-8(13-6)9-12-5-1-2-11-3-7(5)17-9;14-10(15)5-4-16-8(12-5)9-13-7-6(17-9)2-1-3-11-7;;;;;/h2,4,7H,1,5H2,(H,15,16);2-4,7H,1,5H2,(H,15,16);3-4,6H,1,5H2,(H,15,16);2-3,7H,1,5H2,(H,15,16);1,3,6H,4H2,(H,14,15);1-3,6H,4H2,(H,14,15);2-3,5H,4H2,(H,14,15);;;;;/q-1;;3*-1;;-1;;;;;. The number of carbonyl (C=O) groups is 7. The number of hydrogen-bond donors (Lipinski definition) is 7. The summed E-state index contributed by atoms with van der Waals surface area (Å²) in [4.78, 5) is 137. The molecule has 12 aromatic rings. The summed E-state index contributed by atoms with van der Waals surface area (Å²) in [5, 5.41) is 82.7. The molecular weight excluding hydrogens is 2300 g/mol. The van der Waals surface area contributed by atoms with E-state index in [1.165, 1.54) is 162 Å². The second-order valence-electron chi connectivity index (χ2n) is 25.2. The van der Waals surface area contributed by atoms with Crippen LogP contribution in [0.5, 0.6) is 0 Å². The molecule has 0 amide bonds. The van der Waals surface area contributed by atoms with Crippen LogP contribution in [0.4, 0.5) is 0 Å². The van der Waals surface area contributed by atoms with Crippen molar-refractivity contribution in [1.82, 2.24) is 49.8 Å². The van der Waals surface area contributed by atoms with Gasteiger partial charge in [0.05, 0.1) is 34.8 Å². The van der Waals surface area contributed by atoms with Crippen molar-refractivity contribution in [2.45, 2.75) is 42.3 Å². The average Bonchev–Trinajstić information content (AvgIpc) is 1.73. The van der Waals surface area contributed by atoms with Gasteiger partial charge in [-0.3, -0.25) is 49.3 Å². The van der Waals surface area contributed by atoms with E-state index in [1.54, 1.807) is 66.6 Å². The van der Waals surface area contributed by atoms with Crippen LogP contribution >= 0.6 is 162 Å². The van der Waals surface area contributed by atoms with Crippen molar-refractivity contribution in [3.05, 3.63) is 206 Å². The van der Waals surface area contributed by atoms with Gasteiger partial charge in [0.1, 0.15) is 50.9 Å². The van der Waals surface area contributed by atoms with E-state index in [0.717, 1.165) is 111 Å². The fourth-order valence-corrected chi connectivity index (χ4v) is 25.0. The molecule has 3 fully saturated rings. The quantitative estimate of drug-likeness (QED) is 0.0375. The van der Waals surface area contributed by atoms with E-state index in [1.807, 2.05) is 48.8 Å². The molecule has 54 heteroatoms. The molecule has 7 unspecified atom stereocenters. The van der Waals surface area contributed by atoms with E-state index in [-0.39, 0.29) is 164 Å². The maximum atomic E-state index is 10.8. The third kappa shape index (κ3) is 26.2. The summed E-state index contributed by atoms with van der Waals surface area (Å²) in [5.41, 5.74) is 5.63. The van der Waals surface area contributed by atoms with E-state index >= 15 is 0 Å². The van der Waals surface area contributed by atoms with Crippen LogP contribution in [0.25, 0.3) is 103 Å². The SMILES string of the molecule is C=[n+]1[c-]ccc2[n-]c(=C3[N-]C(C(=O)O)CS3)[s+]c21.C=[n+]1c[c-]cc2sc(=C3[N-]C(C(=O)O)CS3)nc21.C=[n+]1ccc2nc(=C3[N-]C(C(=O)O)CS3)sc2c1.O=C(O)C1CSC(c2nc3ccncc3s2)=N1.O=C(O)C1CSC(c2nc3cn[c-]cc3s2)=N1.O=C(O)C1CSC(c2nc3nc[c-]cc3s2)=N1.[CH2-][n+]1[c-]cc2[s+]c(C3=NC(C(=O)O)CS3)nc-2[cH-]1.[Y].[Y].[Y].[Y].[Y]. The number of thiazole rings is 7. The number of aromatic nitrogens is 14. The number of nitrogens with zero attached hydrogens (tertiary/aromatic N) is 21. The summed E-state index contributed by atoms with van der Waals surface area (Å²) < 4.78 is 13.7. The van der Waals surface area contributed by atoms with Crippen molar-refractivity contribution in [2.24, 2.45) is 20.0 Å². The number of thioether (sulfide) groups is 7. The van der Waals surface area contributed by atoms with Crippen molar-refractivity contribution in [3.63, 3.8) is 0 Å². The molecule has 0 spiro atoms. The summed E-state index contributed by atoms with van der Waals surface area (Å²) in [6, 6.07) is 15.9. The molecule has 3 saturated heterocycles. The number of aliphatic carboxylic acids is 7. The number of rotatable bonds is 11. The molecule has 21 rings (SSSR count). The van der Waals surface area contributed by atoms with Gasteiger partial charge in [0.15, 0.2) is 47.8 Å². The van der Waals surface area contributed by atoms with Gasteiger partial charge in [-0.25, -0.2) is 96.4 Å². The molecule has 7 N–H and O–H groups in total. The van der Waals surface area contributed by atoms with Crippen LogP contribution in [0.2, 0.25) is 0 Å². The predicted molar refractivity (Wildman–Crippen MR) is 480 cm³/mol. The van der Waals surface area contributed by atoms with Crippen molar-refractivity contribution in [1.29, 1.82) is 0 Å². The Morgan fingerprint density at radius 1 is 0.516 bits per heavy atom. The normalized spacial score (nSPS) is 19.8.